The third kappa shape index (κ3) is 3.50. The summed E-state index contributed by atoms with van der Waals surface area (Å²) in [6, 6.07) is 13.8. The van der Waals surface area contributed by atoms with Crippen LogP contribution in [0.4, 0.5) is 0 Å². The van der Waals surface area contributed by atoms with Gasteiger partial charge in [0.1, 0.15) is 0 Å². The average molecular weight is 377 g/mol. The van der Waals surface area contributed by atoms with Crippen molar-refractivity contribution in [2.75, 3.05) is 26.2 Å². The van der Waals surface area contributed by atoms with E-state index in [0.29, 0.717) is 37.8 Å². The van der Waals surface area contributed by atoms with Gasteiger partial charge < -0.3 is 14.5 Å². The minimum absolute atomic E-state index is 0.00238. The van der Waals surface area contributed by atoms with Gasteiger partial charge in [-0.2, -0.15) is 0 Å². The molecule has 0 bridgehead atoms. The van der Waals surface area contributed by atoms with Crippen molar-refractivity contribution in [2.45, 2.75) is 13.8 Å². The van der Waals surface area contributed by atoms with Crippen molar-refractivity contribution in [3.63, 3.8) is 0 Å². The maximum Gasteiger partial charge on any atom is 0.365 e. The monoisotopic (exact) mass is 377 g/mol. The van der Waals surface area contributed by atoms with E-state index in [4.69, 9.17) is 4.74 Å². The second-order valence-corrected chi connectivity index (χ2v) is 7.36. The van der Waals surface area contributed by atoms with Crippen molar-refractivity contribution < 1.29 is 14.3 Å². The molecule has 4 rings (SSSR count). The first kappa shape index (κ1) is 18.2. The maximum absolute atomic E-state index is 12.3. The highest BCUT2D eigenvalue weighted by Crippen LogP contribution is 2.24. The fraction of sp³-hybridized carbons (Fsp3) is 0.318. The topological polar surface area (TPSA) is 62.2 Å². The van der Waals surface area contributed by atoms with Gasteiger partial charge in [-0.1, -0.05) is 50.2 Å². The predicted molar refractivity (Wildman–Crippen MR) is 108 cm³/mol. The van der Waals surface area contributed by atoms with Crippen LogP contribution in [0.5, 0.6) is 0 Å². The van der Waals surface area contributed by atoms with Crippen LogP contribution < -0.4 is 0 Å². The molecule has 2 heterocycles. The molecule has 6 nitrogen and oxygen atoms in total. The fourth-order valence-corrected chi connectivity index (χ4v) is 3.54. The molecule has 0 N–H and O–H groups in total. The lowest BCUT2D eigenvalue weighted by molar-refractivity contribution is -0.136. The van der Waals surface area contributed by atoms with Gasteiger partial charge in [0.2, 0.25) is 11.8 Å². The number of ether oxygens (including phenoxy) is 1. The minimum atomic E-state index is -0.441. The van der Waals surface area contributed by atoms with E-state index in [2.05, 4.69) is 4.99 Å². The highest BCUT2D eigenvalue weighted by Gasteiger charge is 2.27. The zero-order valence-electron chi connectivity index (χ0n) is 16.1. The van der Waals surface area contributed by atoms with Gasteiger partial charge >= 0.3 is 5.97 Å². The van der Waals surface area contributed by atoms with Gasteiger partial charge in [-0.3, -0.25) is 4.79 Å². The first-order valence-corrected chi connectivity index (χ1v) is 9.56. The number of amides is 1. The van der Waals surface area contributed by atoms with Gasteiger partial charge in [0, 0.05) is 43.9 Å². The molecule has 0 unspecified atom stereocenters. The Morgan fingerprint density at radius 2 is 1.79 bits per heavy atom. The molecule has 2 aliphatic rings. The maximum atomic E-state index is 12.3. The highest BCUT2D eigenvalue weighted by atomic mass is 16.6. The molecule has 2 aromatic carbocycles. The van der Waals surface area contributed by atoms with E-state index in [1.54, 1.807) is 6.20 Å². The van der Waals surface area contributed by atoms with Crippen LogP contribution in [0.25, 0.3) is 10.8 Å². The zero-order chi connectivity index (χ0) is 19.7. The Labute approximate surface area is 164 Å². The Morgan fingerprint density at radius 3 is 2.54 bits per heavy atom. The van der Waals surface area contributed by atoms with E-state index in [0.717, 1.165) is 16.3 Å². The molecular weight excluding hydrogens is 354 g/mol. The minimum Gasteiger partial charge on any atom is -0.402 e. The number of hydrogen-bond acceptors (Lipinski definition) is 5. The van der Waals surface area contributed by atoms with E-state index >= 15 is 0 Å². The second-order valence-electron chi connectivity index (χ2n) is 7.36. The molecule has 1 fully saturated rings. The Kier molecular flexibility index (Phi) is 4.86. The molecule has 0 saturated carbocycles. The Hall–Kier alpha value is -3.15. The molecule has 2 aromatic rings. The summed E-state index contributed by atoms with van der Waals surface area (Å²) in [5.74, 6) is 0.0664. The van der Waals surface area contributed by atoms with Gasteiger partial charge in [-0.15, -0.1) is 0 Å². The van der Waals surface area contributed by atoms with Crippen LogP contribution in [0.15, 0.2) is 59.4 Å². The molecule has 2 aliphatic heterocycles. The first-order chi connectivity index (χ1) is 13.5. The summed E-state index contributed by atoms with van der Waals surface area (Å²) in [5, 5.41) is 2.07. The van der Waals surface area contributed by atoms with Crippen molar-refractivity contribution >= 4 is 28.5 Å². The number of rotatable bonds is 3. The van der Waals surface area contributed by atoms with Crippen LogP contribution >= 0.6 is 0 Å². The number of fused-ring (bicyclic) bond motifs is 1. The lowest BCUT2D eigenvalue weighted by atomic mass is 10.0. The Bertz CT molecular complexity index is 980. The summed E-state index contributed by atoms with van der Waals surface area (Å²) in [5.41, 5.74) is 1.11. The molecule has 1 saturated heterocycles. The summed E-state index contributed by atoms with van der Waals surface area (Å²) in [6.07, 6.45) is 1.75. The van der Waals surface area contributed by atoms with Crippen molar-refractivity contribution in [3.8, 4) is 0 Å². The first-order valence-electron chi connectivity index (χ1n) is 9.56. The highest BCUT2D eigenvalue weighted by molar-refractivity contribution is 6.16. The number of nitrogens with zero attached hydrogens (tertiary/aromatic N) is 3. The quantitative estimate of drug-likeness (QED) is 0.610. The van der Waals surface area contributed by atoms with Gasteiger partial charge in [0.25, 0.3) is 0 Å². The zero-order valence-corrected chi connectivity index (χ0v) is 16.1. The number of carbonyl (C=O) groups excluding carboxylic acids is 2. The molecule has 0 aliphatic carbocycles. The van der Waals surface area contributed by atoms with Crippen LogP contribution in [0, 0.1) is 5.92 Å². The van der Waals surface area contributed by atoms with E-state index < -0.39 is 5.97 Å². The van der Waals surface area contributed by atoms with Gasteiger partial charge in [-0.25, -0.2) is 9.79 Å². The van der Waals surface area contributed by atoms with E-state index in [1.165, 1.54) is 0 Å². The van der Waals surface area contributed by atoms with Crippen molar-refractivity contribution in [3.05, 3.63) is 59.9 Å². The molecule has 0 atom stereocenters. The molecule has 0 radical (unpaired) electrons. The summed E-state index contributed by atoms with van der Waals surface area (Å²) < 4.78 is 5.45. The SMILES string of the molecule is CC(C)C(=O)N1CCN(C=C2N=C(c3cccc4ccccc34)OC2=O)CC1. The number of aliphatic imine (C=N–C) groups is 1. The van der Waals surface area contributed by atoms with Crippen LogP contribution in [0.1, 0.15) is 19.4 Å². The van der Waals surface area contributed by atoms with E-state index in [-0.39, 0.29) is 11.8 Å². The van der Waals surface area contributed by atoms with Crippen LogP contribution in [0.2, 0.25) is 0 Å². The average Bonchev–Trinajstić information content (AvgIpc) is 3.07. The molecule has 1 amide bonds. The molecule has 0 spiro atoms. The second kappa shape index (κ2) is 7.46. The van der Waals surface area contributed by atoms with Gasteiger partial charge in [0.15, 0.2) is 5.70 Å². The van der Waals surface area contributed by atoms with Crippen LogP contribution in [-0.2, 0) is 14.3 Å². The molecule has 6 heteroatoms. The number of carbonyl (C=O) groups is 2. The third-order valence-electron chi connectivity index (χ3n) is 5.07. The summed E-state index contributed by atoms with van der Waals surface area (Å²) in [7, 11) is 0. The number of esters is 1. The Morgan fingerprint density at radius 1 is 1.07 bits per heavy atom. The summed E-state index contributed by atoms with van der Waals surface area (Å²) >= 11 is 0. The summed E-state index contributed by atoms with van der Waals surface area (Å²) in [6.45, 7) is 6.47. The predicted octanol–water partition coefficient (Wildman–Crippen LogP) is 2.78. The van der Waals surface area contributed by atoms with Crippen molar-refractivity contribution in [2.24, 2.45) is 10.9 Å². The normalized spacial score (nSPS) is 18.8. The third-order valence-corrected chi connectivity index (χ3v) is 5.07. The number of piperazine rings is 1. The number of hydrogen-bond donors (Lipinski definition) is 0. The van der Waals surface area contributed by atoms with E-state index in [9.17, 15) is 9.59 Å². The van der Waals surface area contributed by atoms with Gasteiger partial charge in [-0.05, 0) is 16.8 Å². The lowest BCUT2D eigenvalue weighted by Gasteiger charge is -2.35. The van der Waals surface area contributed by atoms with Gasteiger partial charge in [0.05, 0.1) is 0 Å². The Balaban J connectivity index is 1.53. The number of cyclic esters (lactones) is 1. The van der Waals surface area contributed by atoms with E-state index in [1.807, 2.05) is 66.1 Å². The van der Waals surface area contributed by atoms with Crippen molar-refractivity contribution in [1.29, 1.82) is 0 Å². The van der Waals surface area contributed by atoms with Crippen LogP contribution in [-0.4, -0.2) is 53.8 Å². The number of benzene rings is 2. The molecule has 144 valence electrons. The smallest absolute Gasteiger partial charge is 0.365 e. The lowest BCUT2D eigenvalue weighted by Crippen LogP contribution is -2.48. The molecule has 0 aromatic heterocycles. The fourth-order valence-electron chi connectivity index (χ4n) is 3.54. The summed E-state index contributed by atoms with van der Waals surface area (Å²) in [4.78, 5) is 32.8. The largest absolute Gasteiger partial charge is 0.402 e. The molecular formula is C22H23N3O3. The van der Waals surface area contributed by atoms with Crippen molar-refractivity contribution in [1.82, 2.24) is 9.80 Å². The standard InChI is InChI=1S/C22H23N3O3/c1-15(2)21(26)25-12-10-24(11-13-25)14-19-22(27)28-20(23-19)18-9-5-7-16-6-3-4-8-17(16)18/h3-9,14-15H,10-13H2,1-2H3. The molecule has 28 heavy (non-hydrogen) atoms. The van der Waals surface area contributed by atoms with Crippen LogP contribution in [0.3, 0.4) is 0 Å².